The van der Waals surface area contributed by atoms with Gasteiger partial charge in [-0.15, -0.1) is 5.10 Å². The Hall–Kier alpha value is -5.36. The summed E-state index contributed by atoms with van der Waals surface area (Å²) in [7, 11) is 0. The summed E-state index contributed by atoms with van der Waals surface area (Å²) in [5, 5.41) is 32.9. The minimum Gasteiger partial charge on any atom is -0.618 e. The molecular formula is C28H19ClF6N10O2. The third-order valence-electron chi connectivity index (χ3n) is 6.96. The van der Waals surface area contributed by atoms with Gasteiger partial charge in [0.05, 0.1) is 46.9 Å². The predicted octanol–water partition coefficient (Wildman–Crippen LogP) is 5.26. The third-order valence-corrected chi connectivity index (χ3v) is 7.25. The average Bonchev–Trinajstić information content (AvgIpc) is 3.83. The Morgan fingerprint density at radius 1 is 1.04 bits per heavy atom. The van der Waals surface area contributed by atoms with Crippen LogP contribution >= 0.6 is 11.6 Å². The van der Waals surface area contributed by atoms with Crippen molar-refractivity contribution in [1.29, 1.82) is 0 Å². The van der Waals surface area contributed by atoms with Gasteiger partial charge in [0.25, 0.3) is 0 Å². The van der Waals surface area contributed by atoms with Crippen molar-refractivity contribution in [2.45, 2.75) is 32.0 Å². The summed E-state index contributed by atoms with van der Waals surface area (Å²) < 4.78 is 89.1. The molecule has 5 heterocycles. The molecule has 0 aliphatic carbocycles. The number of benzene rings is 1. The lowest BCUT2D eigenvalue weighted by Gasteiger charge is -2.18. The highest BCUT2D eigenvalue weighted by atomic mass is 35.5. The first kappa shape index (κ1) is 31.6. The molecule has 0 bridgehead atoms. The van der Waals surface area contributed by atoms with Gasteiger partial charge in [-0.2, -0.15) is 41.6 Å². The van der Waals surface area contributed by atoms with E-state index in [4.69, 9.17) is 11.6 Å². The molecule has 12 nitrogen and oxygen atoms in total. The van der Waals surface area contributed by atoms with Crippen LogP contribution in [0.15, 0.2) is 79.8 Å². The van der Waals surface area contributed by atoms with Crippen LogP contribution in [-0.4, -0.2) is 51.4 Å². The van der Waals surface area contributed by atoms with Gasteiger partial charge in [-0.3, -0.25) is 14.3 Å². The smallest absolute Gasteiger partial charge is 0.433 e. The zero-order chi connectivity index (χ0) is 33.3. The van der Waals surface area contributed by atoms with E-state index in [1.165, 1.54) is 75.4 Å². The van der Waals surface area contributed by atoms with E-state index in [2.05, 4.69) is 35.4 Å². The summed E-state index contributed by atoms with van der Waals surface area (Å²) in [6.45, 7) is -3.57. The van der Waals surface area contributed by atoms with E-state index in [-0.39, 0.29) is 50.9 Å². The van der Waals surface area contributed by atoms with Gasteiger partial charge in [0.15, 0.2) is 18.1 Å². The molecule has 0 aliphatic heterocycles. The number of aromatic nitrogens is 10. The van der Waals surface area contributed by atoms with Crippen LogP contribution in [-0.2, 0) is 24.1 Å². The summed E-state index contributed by atoms with van der Waals surface area (Å²) in [4.78, 5) is 3.38. The summed E-state index contributed by atoms with van der Waals surface area (Å²) in [6, 6.07) is 8.40. The van der Waals surface area contributed by atoms with E-state index in [0.717, 1.165) is 18.5 Å². The van der Waals surface area contributed by atoms with E-state index < -0.39 is 36.9 Å². The number of ether oxygens (including phenoxy) is 1. The number of nitrogens with zero attached hydrogens (tertiary/aromatic N) is 10. The van der Waals surface area contributed by atoms with Gasteiger partial charge < -0.3 is 9.94 Å². The standard InChI is InChI=1S/C28H19ClF6N10O2/c29-20-2-4-22(44-15-37-40-41-44)25(26(20)30)17-1-3-21(45(46)12-17)23(13-42-8-6-19(39-42)14-47-27(31)32)43-11-18(10-38-43)16-5-7-36-24(9-16)28(33,34)35/h1-12,15,23,27H,13-14H2/t23-/m0/s1. The van der Waals surface area contributed by atoms with Crippen LogP contribution in [0.1, 0.15) is 23.1 Å². The van der Waals surface area contributed by atoms with Crippen LogP contribution in [0.25, 0.3) is 27.9 Å². The molecule has 1 atom stereocenters. The van der Waals surface area contributed by atoms with Gasteiger partial charge in [0, 0.05) is 30.2 Å². The van der Waals surface area contributed by atoms with Gasteiger partial charge in [-0.25, -0.2) is 4.39 Å². The van der Waals surface area contributed by atoms with Crippen LogP contribution in [0.5, 0.6) is 0 Å². The highest BCUT2D eigenvalue weighted by molar-refractivity contribution is 6.31. The first-order valence-electron chi connectivity index (χ1n) is 13.4. The molecule has 0 saturated heterocycles. The molecule has 5 aromatic heterocycles. The second-order valence-corrected chi connectivity index (χ2v) is 10.3. The molecule has 0 radical (unpaired) electrons. The molecule has 0 amide bonds. The fraction of sp³-hybridized carbons (Fsp3) is 0.179. The predicted molar refractivity (Wildman–Crippen MR) is 150 cm³/mol. The van der Waals surface area contributed by atoms with E-state index in [0.29, 0.717) is 4.73 Å². The van der Waals surface area contributed by atoms with Crippen LogP contribution in [0.4, 0.5) is 26.3 Å². The number of alkyl halides is 5. The van der Waals surface area contributed by atoms with Crippen molar-refractivity contribution in [2.24, 2.45) is 0 Å². The Morgan fingerprint density at radius 2 is 1.87 bits per heavy atom. The van der Waals surface area contributed by atoms with Gasteiger partial charge in [-0.05, 0) is 52.4 Å². The zero-order valence-corrected chi connectivity index (χ0v) is 24.3. The average molecular weight is 677 g/mol. The van der Waals surface area contributed by atoms with Gasteiger partial charge >= 0.3 is 12.8 Å². The van der Waals surface area contributed by atoms with Crippen molar-refractivity contribution in [3.05, 3.63) is 113 Å². The van der Waals surface area contributed by atoms with Gasteiger partial charge in [-0.1, -0.05) is 11.6 Å². The lowest BCUT2D eigenvalue weighted by molar-refractivity contribution is -0.615. The van der Waals surface area contributed by atoms with E-state index in [9.17, 15) is 27.2 Å². The SMILES string of the molecule is [O-][n+]1cc(-c2c(-n3cnnn3)ccc(Cl)c2F)ccc1[C@H](Cn1ccc(COC(F)F)n1)n1cc(-c2ccnc(C(F)(F)F)c2)cn1. The molecule has 6 aromatic rings. The van der Waals surface area contributed by atoms with Crippen molar-refractivity contribution in [3.8, 4) is 27.9 Å². The number of hydrogen-bond acceptors (Lipinski definition) is 8. The molecule has 19 heteroatoms. The van der Waals surface area contributed by atoms with Gasteiger partial charge in [0.2, 0.25) is 5.69 Å². The zero-order valence-electron chi connectivity index (χ0n) is 23.5. The highest BCUT2D eigenvalue weighted by Crippen LogP contribution is 2.34. The summed E-state index contributed by atoms with van der Waals surface area (Å²) in [5.41, 5.74) is -0.139. The molecule has 0 unspecified atom stereocenters. The Kier molecular flexibility index (Phi) is 8.61. The summed E-state index contributed by atoms with van der Waals surface area (Å²) >= 11 is 6.06. The fourth-order valence-electron chi connectivity index (χ4n) is 4.82. The van der Waals surface area contributed by atoms with E-state index >= 15 is 4.39 Å². The Balaban J connectivity index is 1.40. The summed E-state index contributed by atoms with van der Waals surface area (Å²) in [6.07, 6.45) is 2.91. The topological polar surface area (TPSA) is 128 Å². The number of tetrazole rings is 1. The number of halogens is 7. The molecule has 0 saturated carbocycles. The van der Waals surface area contributed by atoms with Crippen molar-refractivity contribution in [2.75, 3.05) is 0 Å². The minimum atomic E-state index is -4.68. The second kappa shape index (κ2) is 12.8. The highest BCUT2D eigenvalue weighted by Gasteiger charge is 2.33. The maximum Gasteiger partial charge on any atom is 0.433 e. The first-order chi connectivity index (χ1) is 22.5. The van der Waals surface area contributed by atoms with Crippen LogP contribution in [0.2, 0.25) is 5.02 Å². The van der Waals surface area contributed by atoms with Gasteiger partial charge in [0.1, 0.15) is 12.0 Å². The number of pyridine rings is 2. The minimum absolute atomic E-state index is 0.0622. The first-order valence-corrected chi connectivity index (χ1v) is 13.8. The Labute approximate surface area is 265 Å². The molecule has 0 N–H and O–H groups in total. The summed E-state index contributed by atoms with van der Waals surface area (Å²) in [5.74, 6) is -0.827. The maximum atomic E-state index is 15.4. The molecule has 47 heavy (non-hydrogen) atoms. The molecule has 242 valence electrons. The van der Waals surface area contributed by atoms with Crippen molar-refractivity contribution in [3.63, 3.8) is 0 Å². The van der Waals surface area contributed by atoms with Crippen molar-refractivity contribution >= 4 is 11.6 Å². The lowest BCUT2D eigenvalue weighted by Crippen LogP contribution is -2.37. The Morgan fingerprint density at radius 3 is 2.60 bits per heavy atom. The molecule has 0 fully saturated rings. The third kappa shape index (κ3) is 6.77. The van der Waals surface area contributed by atoms with Crippen LogP contribution in [0, 0.1) is 11.0 Å². The van der Waals surface area contributed by atoms with Crippen molar-refractivity contribution < 1.29 is 35.8 Å². The maximum absolute atomic E-state index is 15.4. The molecule has 1 aromatic carbocycles. The monoisotopic (exact) mass is 676 g/mol. The quantitative estimate of drug-likeness (QED) is 0.109. The van der Waals surface area contributed by atoms with Crippen LogP contribution in [0.3, 0.4) is 0 Å². The normalized spacial score (nSPS) is 12.6. The second-order valence-electron chi connectivity index (χ2n) is 9.93. The number of rotatable bonds is 10. The fourth-order valence-corrected chi connectivity index (χ4v) is 4.98. The Bertz CT molecular complexity index is 2020. The lowest BCUT2D eigenvalue weighted by atomic mass is 10.0. The molecule has 0 spiro atoms. The largest absolute Gasteiger partial charge is 0.618 e. The van der Waals surface area contributed by atoms with E-state index in [1.54, 1.807) is 0 Å². The van der Waals surface area contributed by atoms with Crippen molar-refractivity contribution in [1.82, 2.24) is 44.8 Å². The van der Waals surface area contributed by atoms with Crippen LogP contribution < -0.4 is 4.73 Å². The molecule has 0 aliphatic rings. The number of hydrogen-bond donors (Lipinski definition) is 0. The molecule has 6 rings (SSSR count). The molecular weight excluding hydrogens is 658 g/mol. The van der Waals surface area contributed by atoms with E-state index in [1.807, 2.05) is 0 Å².